The Morgan fingerprint density at radius 2 is 2.15 bits per heavy atom. The van der Waals surface area contributed by atoms with Gasteiger partial charge in [0.15, 0.2) is 5.13 Å². The first-order valence-corrected chi connectivity index (χ1v) is 6.80. The van der Waals surface area contributed by atoms with E-state index in [-0.39, 0.29) is 18.1 Å². The van der Waals surface area contributed by atoms with Crippen LogP contribution in [0.15, 0.2) is 29.6 Å². The number of hydrogen-bond acceptors (Lipinski definition) is 5. The van der Waals surface area contributed by atoms with Crippen molar-refractivity contribution in [2.45, 2.75) is 5.92 Å². The number of rotatable bonds is 2. The fourth-order valence-corrected chi connectivity index (χ4v) is 2.87. The summed E-state index contributed by atoms with van der Waals surface area (Å²) in [5, 5.41) is 11.2. The molecular weight excluding hydrogens is 278 g/mol. The second kappa shape index (κ2) is 4.61. The number of nitrogens with zero attached hydrogens (tertiary/aromatic N) is 2. The van der Waals surface area contributed by atoms with E-state index < -0.39 is 11.9 Å². The van der Waals surface area contributed by atoms with E-state index in [1.165, 1.54) is 16.2 Å². The van der Waals surface area contributed by atoms with Crippen LogP contribution in [-0.2, 0) is 4.79 Å². The van der Waals surface area contributed by atoms with Crippen LogP contribution in [0.25, 0.3) is 0 Å². The van der Waals surface area contributed by atoms with Gasteiger partial charge in [0.25, 0.3) is 5.91 Å². The molecule has 0 aliphatic carbocycles. The van der Waals surface area contributed by atoms with Crippen molar-refractivity contribution in [2.75, 3.05) is 17.2 Å². The highest BCUT2D eigenvalue weighted by Crippen LogP contribution is 2.37. The monoisotopic (exact) mass is 289 g/mol. The molecule has 1 aliphatic rings. The number of aromatic nitrogens is 1. The van der Waals surface area contributed by atoms with E-state index in [0.29, 0.717) is 16.4 Å². The minimum atomic E-state index is -0.939. The quantitative estimate of drug-likeness (QED) is 0.874. The normalized spacial score (nSPS) is 17.0. The molecule has 2 aromatic rings. The Hall–Kier alpha value is -2.41. The molecule has 7 heteroatoms. The highest BCUT2D eigenvalue weighted by atomic mass is 32.1. The second-order valence-corrected chi connectivity index (χ2v) is 5.33. The molecule has 20 heavy (non-hydrogen) atoms. The van der Waals surface area contributed by atoms with Gasteiger partial charge in [0.2, 0.25) is 0 Å². The number of fused-ring (bicyclic) bond motifs is 1. The number of nitrogen functional groups attached to an aromatic ring is 1. The van der Waals surface area contributed by atoms with Crippen LogP contribution >= 0.6 is 11.3 Å². The molecule has 1 atom stereocenters. The van der Waals surface area contributed by atoms with Crippen LogP contribution < -0.4 is 10.6 Å². The van der Waals surface area contributed by atoms with Crippen molar-refractivity contribution in [3.63, 3.8) is 0 Å². The number of para-hydroxylation sites is 1. The Labute approximate surface area is 118 Å². The third-order valence-corrected chi connectivity index (χ3v) is 3.93. The zero-order valence-corrected chi connectivity index (χ0v) is 11.1. The largest absolute Gasteiger partial charge is 0.481 e. The van der Waals surface area contributed by atoms with Crippen molar-refractivity contribution in [3.8, 4) is 0 Å². The molecule has 0 fully saturated rings. The molecule has 1 unspecified atom stereocenters. The van der Waals surface area contributed by atoms with Crippen LogP contribution in [0.1, 0.15) is 22.0 Å². The predicted molar refractivity (Wildman–Crippen MR) is 75.0 cm³/mol. The number of anilines is 2. The maximum Gasteiger partial charge on any atom is 0.312 e. The number of benzene rings is 1. The Balaban J connectivity index is 2.00. The molecule has 1 aromatic heterocycles. The summed E-state index contributed by atoms with van der Waals surface area (Å²) in [4.78, 5) is 29.1. The topological polar surface area (TPSA) is 96.5 Å². The molecule has 0 saturated carbocycles. The lowest BCUT2D eigenvalue weighted by atomic mass is 10.0. The van der Waals surface area contributed by atoms with Crippen LogP contribution in [0.3, 0.4) is 0 Å². The zero-order chi connectivity index (χ0) is 14.3. The van der Waals surface area contributed by atoms with Crippen LogP contribution in [0.5, 0.6) is 0 Å². The van der Waals surface area contributed by atoms with E-state index >= 15 is 0 Å². The Bertz CT molecular complexity index is 698. The van der Waals surface area contributed by atoms with E-state index in [1.807, 2.05) is 0 Å². The zero-order valence-electron chi connectivity index (χ0n) is 10.3. The minimum absolute atomic E-state index is 0.116. The van der Waals surface area contributed by atoms with E-state index in [2.05, 4.69) is 4.98 Å². The van der Waals surface area contributed by atoms with Gasteiger partial charge in [0.05, 0.1) is 0 Å². The van der Waals surface area contributed by atoms with Gasteiger partial charge < -0.3 is 15.7 Å². The highest BCUT2D eigenvalue weighted by Gasteiger charge is 2.37. The summed E-state index contributed by atoms with van der Waals surface area (Å²) >= 11 is 1.18. The van der Waals surface area contributed by atoms with E-state index in [1.54, 1.807) is 29.6 Å². The van der Waals surface area contributed by atoms with Gasteiger partial charge in [0.1, 0.15) is 11.6 Å². The van der Waals surface area contributed by atoms with Crippen LogP contribution in [0, 0.1) is 0 Å². The van der Waals surface area contributed by atoms with Gasteiger partial charge in [-0.15, -0.1) is 11.3 Å². The number of carbonyl (C=O) groups is 2. The fourth-order valence-electron chi connectivity index (χ4n) is 2.33. The summed E-state index contributed by atoms with van der Waals surface area (Å²) in [6, 6.07) is 7.02. The second-order valence-electron chi connectivity index (χ2n) is 4.44. The average molecular weight is 289 g/mol. The first-order valence-electron chi connectivity index (χ1n) is 5.92. The molecule has 6 nitrogen and oxygen atoms in total. The third kappa shape index (κ3) is 1.92. The number of carboxylic acids is 1. The number of hydrogen-bond donors (Lipinski definition) is 2. The van der Waals surface area contributed by atoms with Crippen LogP contribution in [0.2, 0.25) is 0 Å². The molecular formula is C13H11N3O3S. The van der Waals surface area contributed by atoms with Gasteiger partial charge in [-0.1, -0.05) is 18.2 Å². The van der Waals surface area contributed by atoms with Crippen molar-refractivity contribution >= 4 is 34.0 Å². The first-order chi connectivity index (χ1) is 9.58. The van der Waals surface area contributed by atoms with Crippen LogP contribution in [0.4, 0.5) is 10.8 Å². The summed E-state index contributed by atoms with van der Waals surface area (Å²) in [6.07, 6.45) is 0. The molecule has 3 N–H and O–H groups in total. The summed E-state index contributed by atoms with van der Waals surface area (Å²) in [5.74, 6) is -1.97. The maximum atomic E-state index is 12.4. The Kier molecular flexibility index (Phi) is 2.90. The van der Waals surface area contributed by atoms with Crippen LogP contribution in [-0.4, -0.2) is 28.5 Å². The van der Waals surface area contributed by atoms with E-state index in [9.17, 15) is 14.7 Å². The molecule has 1 aliphatic heterocycles. The molecule has 3 rings (SSSR count). The molecule has 1 amide bonds. The maximum absolute atomic E-state index is 12.4. The van der Waals surface area contributed by atoms with Crippen molar-refractivity contribution in [1.29, 1.82) is 0 Å². The van der Waals surface area contributed by atoms with Crippen molar-refractivity contribution in [3.05, 3.63) is 40.9 Å². The smallest absolute Gasteiger partial charge is 0.312 e. The summed E-state index contributed by atoms with van der Waals surface area (Å²) in [5.41, 5.74) is 7.04. The molecule has 0 radical (unpaired) electrons. The van der Waals surface area contributed by atoms with Crippen molar-refractivity contribution in [2.24, 2.45) is 0 Å². The third-order valence-electron chi connectivity index (χ3n) is 3.25. The molecule has 1 aromatic carbocycles. The van der Waals surface area contributed by atoms with Gasteiger partial charge in [-0.05, 0) is 11.6 Å². The Morgan fingerprint density at radius 3 is 2.80 bits per heavy atom. The first kappa shape index (κ1) is 12.6. The van der Waals surface area contributed by atoms with Gasteiger partial charge in [-0.3, -0.25) is 9.59 Å². The number of thiazole rings is 1. The highest BCUT2D eigenvalue weighted by molar-refractivity contribution is 7.13. The standard InChI is InChI=1S/C13H11N3O3S/c14-13-15-9(6-20-13)11(17)16-5-8(12(18)19)7-3-1-2-4-10(7)16/h1-4,6,8H,5H2,(H2,14,15)(H,18,19). The minimum Gasteiger partial charge on any atom is -0.481 e. The van der Waals surface area contributed by atoms with E-state index in [0.717, 1.165) is 0 Å². The molecule has 0 bridgehead atoms. The number of amides is 1. The van der Waals surface area contributed by atoms with Gasteiger partial charge in [-0.25, -0.2) is 4.98 Å². The lowest BCUT2D eigenvalue weighted by Crippen LogP contribution is -2.31. The number of carboxylic acid groups (broad SMARTS) is 1. The average Bonchev–Trinajstić information content (AvgIpc) is 3.02. The summed E-state index contributed by atoms with van der Waals surface area (Å²) < 4.78 is 0. The Morgan fingerprint density at radius 1 is 1.40 bits per heavy atom. The van der Waals surface area contributed by atoms with Gasteiger partial charge in [-0.2, -0.15) is 0 Å². The van der Waals surface area contributed by atoms with Gasteiger partial charge >= 0.3 is 5.97 Å². The lowest BCUT2D eigenvalue weighted by Gasteiger charge is -2.15. The van der Waals surface area contributed by atoms with E-state index in [4.69, 9.17) is 5.73 Å². The molecule has 102 valence electrons. The predicted octanol–water partition coefficient (Wildman–Crippen LogP) is 1.55. The number of aliphatic carboxylic acids is 1. The molecule has 0 saturated heterocycles. The molecule has 2 heterocycles. The van der Waals surface area contributed by atoms with Gasteiger partial charge in [0, 0.05) is 17.6 Å². The number of carbonyl (C=O) groups excluding carboxylic acids is 1. The lowest BCUT2D eigenvalue weighted by molar-refractivity contribution is -0.138. The van der Waals surface area contributed by atoms with Crippen molar-refractivity contribution in [1.82, 2.24) is 4.98 Å². The summed E-state index contributed by atoms with van der Waals surface area (Å²) in [6.45, 7) is 0.116. The fraction of sp³-hybridized carbons (Fsp3) is 0.154. The number of nitrogens with two attached hydrogens (primary N) is 1. The summed E-state index contributed by atoms with van der Waals surface area (Å²) in [7, 11) is 0. The van der Waals surface area contributed by atoms with Crippen molar-refractivity contribution < 1.29 is 14.7 Å². The SMILES string of the molecule is Nc1nc(C(=O)N2CC(C(=O)O)c3ccccc32)cs1. The molecule has 0 spiro atoms.